The number of hydroxylamine groups is 1. The number of hydrogen-bond acceptors (Lipinski definition) is 3. The van der Waals surface area contributed by atoms with Crippen molar-refractivity contribution >= 4 is 17.6 Å². The molecule has 0 saturated carbocycles. The number of rotatable bonds is 3. The van der Waals surface area contributed by atoms with E-state index in [-0.39, 0.29) is 17.9 Å². The molecular weight excluding hydrogens is 330 g/mol. The standard InChI is InChI=1S/C20H25N3O3/c1-3-14-6-4-5-13(2)18(14)21-20(25)23-10-9-15-11-16(19(24)22-26)7-8-17(15)12-23/h4-6,8,11,16,26H,3,7,9-10,12H2,1-2H3,(H,21,25)(H,22,24). The van der Waals surface area contributed by atoms with E-state index in [1.807, 2.05) is 42.2 Å². The topological polar surface area (TPSA) is 81.7 Å². The zero-order valence-electron chi connectivity index (χ0n) is 15.2. The third-order valence-corrected chi connectivity index (χ3v) is 5.15. The normalized spacial score (nSPS) is 19.2. The van der Waals surface area contributed by atoms with Crippen LogP contribution >= 0.6 is 0 Å². The molecule has 3 N–H and O–H groups in total. The second kappa shape index (κ2) is 7.74. The Kier molecular flexibility index (Phi) is 5.42. The average Bonchev–Trinajstić information content (AvgIpc) is 2.67. The molecule has 0 radical (unpaired) electrons. The van der Waals surface area contributed by atoms with Crippen LogP contribution in [0.25, 0.3) is 0 Å². The van der Waals surface area contributed by atoms with Gasteiger partial charge in [-0.15, -0.1) is 0 Å². The third-order valence-electron chi connectivity index (χ3n) is 5.15. The summed E-state index contributed by atoms with van der Waals surface area (Å²) in [5.41, 5.74) is 6.99. The number of carbonyl (C=O) groups excluding carboxylic acids is 2. The van der Waals surface area contributed by atoms with Crippen LogP contribution < -0.4 is 10.8 Å². The van der Waals surface area contributed by atoms with Gasteiger partial charge in [-0.3, -0.25) is 10.0 Å². The number of allylic oxidation sites excluding steroid dienone is 1. The van der Waals surface area contributed by atoms with E-state index in [1.165, 1.54) is 0 Å². The minimum atomic E-state index is -0.389. The van der Waals surface area contributed by atoms with Crippen molar-refractivity contribution in [3.05, 3.63) is 52.6 Å². The summed E-state index contributed by atoms with van der Waals surface area (Å²) in [6.07, 6.45) is 6.03. The maximum atomic E-state index is 12.8. The van der Waals surface area contributed by atoms with Crippen molar-refractivity contribution in [3.63, 3.8) is 0 Å². The third kappa shape index (κ3) is 3.65. The maximum absolute atomic E-state index is 12.8. The highest BCUT2D eigenvalue weighted by Crippen LogP contribution is 2.30. The van der Waals surface area contributed by atoms with Crippen LogP contribution in [0.1, 0.15) is 30.9 Å². The summed E-state index contributed by atoms with van der Waals surface area (Å²) in [6, 6.07) is 5.95. The smallest absolute Gasteiger partial charge is 0.320 e. The summed E-state index contributed by atoms with van der Waals surface area (Å²) in [4.78, 5) is 26.2. The van der Waals surface area contributed by atoms with Crippen molar-refractivity contribution in [1.29, 1.82) is 0 Å². The Labute approximate surface area is 153 Å². The first-order valence-electron chi connectivity index (χ1n) is 9.02. The van der Waals surface area contributed by atoms with E-state index < -0.39 is 0 Å². The van der Waals surface area contributed by atoms with Gasteiger partial charge in [0.25, 0.3) is 5.91 Å². The highest BCUT2D eigenvalue weighted by molar-refractivity contribution is 5.91. The van der Waals surface area contributed by atoms with Crippen molar-refractivity contribution in [2.24, 2.45) is 5.92 Å². The van der Waals surface area contributed by atoms with Crippen LogP contribution in [0.2, 0.25) is 0 Å². The molecule has 0 bridgehead atoms. The number of amides is 3. The maximum Gasteiger partial charge on any atom is 0.322 e. The van der Waals surface area contributed by atoms with Crippen LogP contribution in [-0.4, -0.2) is 35.1 Å². The average molecular weight is 355 g/mol. The van der Waals surface area contributed by atoms with E-state index in [0.29, 0.717) is 25.9 Å². The number of fused-ring (bicyclic) bond motifs is 1. The minimum absolute atomic E-state index is 0.0934. The Bertz CT molecular complexity index is 783. The van der Waals surface area contributed by atoms with E-state index in [4.69, 9.17) is 5.21 Å². The molecule has 1 atom stereocenters. The number of benzene rings is 1. The van der Waals surface area contributed by atoms with Gasteiger partial charge >= 0.3 is 6.03 Å². The molecule has 1 fully saturated rings. The van der Waals surface area contributed by atoms with Crippen LogP contribution in [0.5, 0.6) is 0 Å². The van der Waals surface area contributed by atoms with Crippen molar-refractivity contribution in [3.8, 4) is 0 Å². The molecule has 1 heterocycles. The lowest BCUT2D eigenvalue weighted by atomic mass is 9.86. The van der Waals surface area contributed by atoms with Gasteiger partial charge in [0.15, 0.2) is 0 Å². The van der Waals surface area contributed by atoms with Gasteiger partial charge in [0.1, 0.15) is 0 Å². The molecule has 0 aromatic heterocycles. The molecule has 138 valence electrons. The first-order chi connectivity index (χ1) is 12.5. The molecule has 1 aromatic rings. The summed E-state index contributed by atoms with van der Waals surface area (Å²) in [5.74, 6) is -0.724. The molecule has 0 spiro atoms. The van der Waals surface area contributed by atoms with Gasteiger partial charge in [0.2, 0.25) is 0 Å². The van der Waals surface area contributed by atoms with Gasteiger partial charge < -0.3 is 10.2 Å². The minimum Gasteiger partial charge on any atom is -0.320 e. The van der Waals surface area contributed by atoms with Crippen LogP contribution in [0.4, 0.5) is 10.5 Å². The first kappa shape index (κ1) is 18.2. The number of piperidine rings is 1. The summed E-state index contributed by atoms with van der Waals surface area (Å²) in [6.45, 7) is 5.23. The van der Waals surface area contributed by atoms with Crippen molar-refractivity contribution in [2.75, 3.05) is 18.4 Å². The molecular formula is C20H25N3O3. The van der Waals surface area contributed by atoms with Gasteiger partial charge in [-0.05, 0) is 48.5 Å². The van der Waals surface area contributed by atoms with E-state index in [0.717, 1.165) is 34.4 Å². The Balaban J connectivity index is 1.69. The summed E-state index contributed by atoms with van der Waals surface area (Å²) >= 11 is 0. The molecule has 3 rings (SSSR count). The number of para-hydroxylation sites is 1. The molecule has 1 aliphatic carbocycles. The Hall–Kier alpha value is -2.60. The van der Waals surface area contributed by atoms with Crippen molar-refractivity contribution in [1.82, 2.24) is 10.4 Å². The Morgan fingerprint density at radius 1 is 1.31 bits per heavy atom. The number of hydrogen-bond donors (Lipinski definition) is 3. The van der Waals surface area contributed by atoms with Crippen molar-refractivity contribution < 1.29 is 14.8 Å². The largest absolute Gasteiger partial charge is 0.322 e. The van der Waals surface area contributed by atoms with Gasteiger partial charge in [-0.25, -0.2) is 10.3 Å². The molecule has 6 heteroatoms. The number of nitrogens with zero attached hydrogens (tertiary/aromatic N) is 1. The number of likely N-dealkylation sites (tertiary alicyclic amines) is 1. The number of nitrogens with one attached hydrogen (secondary N) is 2. The molecule has 26 heavy (non-hydrogen) atoms. The zero-order chi connectivity index (χ0) is 18.7. The fraction of sp³-hybridized carbons (Fsp3) is 0.400. The fourth-order valence-electron chi connectivity index (χ4n) is 3.60. The second-order valence-electron chi connectivity index (χ2n) is 6.80. The predicted octanol–water partition coefficient (Wildman–Crippen LogP) is 3.17. The van der Waals surface area contributed by atoms with Crippen LogP contribution in [0, 0.1) is 12.8 Å². The van der Waals surface area contributed by atoms with Crippen LogP contribution in [0.15, 0.2) is 41.5 Å². The molecule has 1 aromatic carbocycles. The number of urea groups is 1. The Morgan fingerprint density at radius 2 is 2.12 bits per heavy atom. The number of anilines is 1. The van der Waals surface area contributed by atoms with Crippen LogP contribution in [-0.2, 0) is 11.2 Å². The molecule has 2 aliphatic rings. The number of aryl methyl sites for hydroxylation is 2. The van der Waals surface area contributed by atoms with E-state index in [2.05, 4.69) is 12.2 Å². The monoisotopic (exact) mass is 355 g/mol. The van der Waals surface area contributed by atoms with E-state index >= 15 is 0 Å². The van der Waals surface area contributed by atoms with Gasteiger partial charge in [-0.2, -0.15) is 0 Å². The first-order valence-corrected chi connectivity index (χ1v) is 9.02. The lowest BCUT2D eigenvalue weighted by molar-refractivity contribution is -0.131. The molecule has 1 unspecified atom stereocenters. The molecule has 1 aliphatic heterocycles. The molecule has 1 saturated heterocycles. The van der Waals surface area contributed by atoms with Gasteiger partial charge in [-0.1, -0.05) is 37.3 Å². The fourth-order valence-corrected chi connectivity index (χ4v) is 3.60. The highest BCUT2D eigenvalue weighted by Gasteiger charge is 2.28. The molecule has 3 amide bonds. The molecule has 6 nitrogen and oxygen atoms in total. The van der Waals surface area contributed by atoms with Crippen molar-refractivity contribution in [2.45, 2.75) is 33.1 Å². The summed E-state index contributed by atoms with van der Waals surface area (Å²) < 4.78 is 0. The second-order valence-corrected chi connectivity index (χ2v) is 6.80. The zero-order valence-corrected chi connectivity index (χ0v) is 15.2. The SMILES string of the molecule is CCc1cccc(C)c1NC(=O)N1CCC2=CC(C(=O)NO)CC=C2C1. The Morgan fingerprint density at radius 3 is 2.85 bits per heavy atom. The van der Waals surface area contributed by atoms with Crippen LogP contribution in [0.3, 0.4) is 0 Å². The summed E-state index contributed by atoms with van der Waals surface area (Å²) in [7, 11) is 0. The van der Waals surface area contributed by atoms with E-state index in [1.54, 1.807) is 5.48 Å². The van der Waals surface area contributed by atoms with Gasteiger partial charge in [0, 0.05) is 18.8 Å². The number of carbonyl (C=O) groups is 2. The highest BCUT2D eigenvalue weighted by atomic mass is 16.5. The predicted molar refractivity (Wildman–Crippen MR) is 100.0 cm³/mol. The van der Waals surface area contributed by atoms with E-state index in [9.17, 15) is 9.59 Å². The lowest BCUT2D eigenvalue weighted by Gasteiger charge is -2.33. The summed E-state index contributed by atoms with van der Waals surface area (Å²) in [5, 5.41) is 11.9. The quantitative estimate of drug-likeness (QED) is 0.575. The van der Waals surface area contributed by atoms with Gasteiger partial charge in [0.05, 0.1) is 5.92 Å². The lowest BCUT2D eigenvalue weighted by Crippen LogP contribution is -2.41.